The number of halogens is 3. The van der Waals surface area contributed by atoms with Crippen molar-refractivity contribution >= 4 is 23.2 Å². The fraction of sp³-hybridized carbons (Fsp3) is 0.318. The van der Waals surface area contributed by atoms with E-state index < -0.39 is 23.7 Å². The number of hydrogen-bond donors (Lipinski definition) is 2. The lowest BCUT2D eigenvalue weighted by molar-refractivity contribution is -0.137. The van der Waals surface area contributed by atoms with Gasteiger partial charge in [-0.05, 0) is 41.8 Å². The molecule has 172 valence electrons. The number of carbonyl (C=O) groups is 1. The first-order valence-corrected chi connectivity index (χ1v) is 11.1. The number of alkyl halides is 3. The van der Waals surface area contributed by atoms with Crippen LogP contribution in [0.5, 0.6) is 0 Å². The lowest BCUT2D eigenvalue weighted by Gasteiger charge is -2.18. The maximum absolute atomic E-state index is 12.7. The van der Waals surface area contributed by atoms with Gasteiger partial charge in [0.2, 0.25) is 5.95 Å². The molecular formula is C22H19F3N4O3S. The minimum Gasteiger partial charge on any atom is -0.371 e. The first kappa shape index (κ1) is 21.8. The minimum absolute atomic E-state index is 0.137. The molecule has 11 heteroatoms. The number of fused-ring (bicyclic) bond motifs is 1. The second kappa shape index (κ2) is 8.73. The molecular weight excluding hydrogens is 457 g/mol. The smallest absolute Gasteiger partial charge is 0.371 e. The maximum atomic E-state index is 12.7. The largest absolute Gasteiger partial charge is 0.416 e. The number of hydrogen-bond acceptors (Lipinski definition) is 7. The van der Waals surface area contributed by atoms with Crippen molar-refractivity contribution in [2.45, 2.75) is 30.5 Å². The van der Waals surface area contributed by atoms with E-state index in [-0.39, 0.29) is 30.4 Å². The Morgan fingerprint density at radius 2 is 1.76 bits per heavy atom. The van der Waals surface area contributed by atoms with Gasteiger partial charge in [-0.15, -0.1) is 11.3 Å². The number of amides is 1. The van der Waals surface area contributed by atoms with E-state index in [1.54, 1.807) is 17.5 Å². The van der Waals surface area contributed by atoms with Gasteiger partial charge in [-0.3, -0.25) is 4.79 Å². The van der Waals surface area contributed by atoms with Crippen LogP contribution < -0.4 is 10.6 Å². The van der Waals surface area contributed by atoms with Crippen molar-refractivity contribution in [3.05, 3.63) is 65.2 Å². The van der Waals surface area contributed by atoms with Crippen LogP contribution in [0, 0.1) is 0 Å². The van der Waals surface area contributed by atoms with E-state index in [1.165, 1.54) is 0 Å². The average molecular weight is 476 g/mol. The Kier molecular flexibility index (Phi) is 5.77. The van der Waals surface area contributed by atoms with Crippen LogP contribution in [0.1, 0.15) is 15.9 Å². The molecule has 7 nitrogen and oxygen atoms in total. The summed E-state index contributed by atoms with van der Waals surface area (Å²) in [6.07, 6.45) is -3.48. The number of carbonyl (C=O) groups excluding carboxylic acids is 1. The highest BCUT2D eigenvalue weighted by atomic mass is 32.1. The van der Waals surface area contributed by atoms with Gasteiger partial charge in [-0.2, -0.15) is 13.2 Å². The Hall–Kier alpha value is -3.02. The van der Waals surface area contributed by atoms with E-state index in [9.17, 15) is 18.0 Å². The average Bonchev–Trinajstić information content (AvgIpc) is 3.54. The van der Waals surface area contributed by atoms with E-state index in [2.05, 4.69) is 20.6 Å². The van der Waals surface area contributed by atoms with Gasteiger partial charge in [-0.25, -0.2) is 9.97 Å². The van der Waals surface area contributed by atoms with Gasteiger partial charge in [-0.1, -0.05) is 6.07 Å². The van der Waals surface area contributed by atoms with Crippen molar-refractivity contribution in [2.24, 2.45) is 0 Å². The van der Waals surface area contributed by atoms with Crippen LogP contribution in [0.15, 0.2) is 54.0 Å². The molecule has 1 aromatic carbocycles. The summed E-state index contributed by atoms with van der Waals surface area (Å²) in [6, 6.07) is 9.23. The highest BCUT2D eigenvalue weighted by Gasteiger charge is 2.48. The Morgan fingerprint density at radius 3 is 2.45 bits per heavy atom. The minimum atomic E-state index is -4.45. The molecule has 33 heavy (non-hydrogen) atoms. The van der Waals surface area contributed by atoms with Crippen LogP contribution in [0.25, 0.3) is 10.6 Å². The number of rotatable bonds is 5. The highest BCUT2D eigenvalue weighted by molar-refractivity contribution is 7.13. The second-order valence-electron chi connectivity index (χ2n) is 7.74. The summed E-state index contributed by atoms with van der Waals surface area (Å²) < 4.78 is 49.9. The van der Waals surface area contributed by atoms with Crippen LogP contribution in [-0.4, -0.2) is 53.4 Å². The monoisotopic (exact) mass is 476 g/mol. The van der Waals surface area contributed by atoms with Gasteiger partial charge in [0.05, 0.1) is 41.4 Å². The molecule has 1 amide bonds. The molecule has 0 bridgehead atoms. The lowest BCUT2D eigenvalue weighted by atomic mass is 10.1. The van der Waals surface area contributed by atoms with Gasteiger partial charge in [0.15, 0.2) is 0 Å². The van der Waals surface area contributed by atoms with Gasteiger partial charge >= 0.3 is 6.18 Å². The molecule has 0 aliphatic carbocycles. The van der Waals surface area contributed by atoms with Crippen LogP contribution in [-0.2, 0) is 15.7 Å². The fourth-order valence-corrected chi connectivity index (χ4v) is 4.66. The summed E-state index contributed by atoms with van der Waals surface area (Å²) in [5, 5.41) is 8.04. The van der Waals surface area contributed by atoms with E-state index in [0.29, 0.717) is 12.6 Å². The molecule has 2 fully saturated rings. The van der Waals surface area contributed by atoms with E-state index >= 15 is 0 Å². The van der Waals surface area contributed by atoms with Crippen LogP contribution in [0.2, 0.25) is 0 Å². The van der Waals surface area contributed by atoms with Crippen molar-refractivity contribution in [3.63, 3.8) is 0 Å². The summed E-state index contributed by atoms with van der Waals surface area (Å²) in [6.45, 7) is 0.574. The van der Waals surface area contributed by atoms with Crippen LogP contribution in [0.3, 0.4) is 0 Å². The van der Waals surface area contributed by atoms with Gasteiger partial charge in [0.1, 0.15) is 12.2 Å². The standard InChI is InChI=1S/C22H19F3N4O3S/c23-22(24,25)13-5-3-12(4-6-13)20(30)27-15-10-31-19-16(11-32-18(15)19)29-21-26-8-7-14(28-21)17-2-1-9-33-17/h1-9,15-16,18-19H,10-11H2,(H,27,30)(H,26,28,29)/t15-,16-,18+,19+/m0/s1. The Labute approximate surface area is 191 Å². The molecule has 0 saturated carbocycles. The molecule has 4 atom stereocenters. The number of benzene rings is 1. The van der Waals surface area contributed by atoms with Crippen molar-refractivity contribution in [1.29, 1.82) is 0 Å². The van der Waals surface area contributed by atoms with Crippen LogP contribution in [0.4, 0.5) is 19.1 Å². The summed E-state index contributed by atoms with van der Waals surface area (Å²) in [7, 11) is 0. The summed E-state index contributed by atoms with van der Waals surface area (Å²) in [5.74, 6) is -0.0269. The number of ether oxygens (including phenoxy) is 2. The van der Waals surface area contributed by atoms with Crippen molar-refractivity contribution < 1.29 is 27.4 Å². The summed E-state index contributed by atoms with van der Waals surface area (Å²) in [4.78, 5) is 22.4. The Morgan fingerprint density at radius 1 is 1.03 bits per heavy atom. The molecule has 5 rings (SSSR count). The number of nitrogens with one attached hydrogen (secondary N) is 2. The number of aromatic nitrogens is 2. The Bertz CT molecular complexity index is 1120. The predicted molar refractivity (Wildman–Crippen MR) is 115 cm³/mol. The fourth-order valence-electron chi connectivity index (χ4n) is 3.96. The summed E-state index contributed by atoms with van der Waals surface area (Å²) >= 11 is 1.59. The summed E-state index contributed by atoms with van der Waals surface area (Å²) in [5.41, 5.74) is 0.145. The molecule has 3 aromatic rings. The molecule has 2 aromatic heterocycles. The first-order valence-electron chi connectivity index (χ1n) is 10.2. The molecule has 2 N–H and O–H groups in total. The lowest BCUT2D eigenvalue weighted by Crippen LogP contribution is -2.44. The van der Waals surface area contributed by atoms with Crippen molar-refractivity contribution in [1.82, 2.24) is 15.3 Å². The molecule has 0 unspecified atom stereocenters. The highest BCUT2D eigenvalue weighted by Crippen LogP contribution is 2.31. The Balaban J connectivity index is 1.21. The first-order chi connectivity index (χ1) is 15.9. The molecule has 0 spiro atoms. The van der Waals surface area contributed by atoms with Gasteiger partial charge in [0.25, 0.3) is 5.91 Å². The van der Waals surface area contributed by atoms with Crippen molar-refractivity contribution in [3.8, 4) is 10.6 Å². The van der Waals surface area contributed by atoms with E-state index in [4.69, 9.17) is 9.47 Å². The quantitative estimate of drug-likeness (QED) is 0.586. The normalized spacial score (nSPS) is 24.5. The van der Waals surface area contributed by atoms with Gasteiger partial charge in [0, 0.05) is 11.8 Å². The molecule has 0 radical (unpaired) electrons. The SMILES string of the molecule is O=C(N[C@H]1CO[C@H]2[C@@H]1OC[C@@H]2Nc1nccc(-c2cccs2)n1)c1ccc(C(F)(F)F)cc1. The third-order valence-electron chi connectivity index (χ3n) is 5.59. The molecule has 2 aliphatic rings. The molecule has 2 saturated heterocycles. The zero-order valence-corrected chi connectivity index (χ0v) is 17.9. The zero-order chi connectivity index (χ0) is 23.0. The molecule has 2 aliphatic heterocycles. The van der Waals surface area contributed by atoms with Crippen LogP contribution >= 0.6 is 11.3 Å². The van der Waals surface area contributed by atoms with E-state index in [0.717, 1.165) is 34.8 Å². The maximum Gasteiger partial charge on any atom is 0.416 e. The predicted octanol–water partition coefficient (Wildman–Crippen LogP) is 3.60. The zero-order valence-electron chi connectivity index (χ0n) is 17.1. The third kappa shape index (κ3) is 4.56. The number of anilines is 1. The van der Waals surface area contributed by atoms with Gasteiger partial charge < -0.3 is 20.1 Å². The molecule has 4 heterocycles. The second-order valence-corrected chi connectivity index (χ2v) is 8.69. The topological polar surface area (TPSA) is 85.4 Å². The van der Waals surface area contributed by atoms with Crippen molar-refractivity contribution in [2.75, 3.05) is 18.5 Å². The number of nitrogens with zero attached hydrogens (tertiary/aromatic N) is 2. The third-order valence-corrected chi connectivity index (χ3v) is 6.48. The van der Waals surface area contributed by atoms with E-state index in [1.807, 2.05) is 23.6 Å². The number of thiophene rings is 1.